The van der Waals surface area contributed by atoms with E-state index in [0.29, 0.717) is 0 Å². The number of rotatable bonds is 3. The molecule has 125 valence electrons. The Labute approximate surface area is 130 Å². The van der Waals surface area contributed by atoms with Gasteiger partial charge in [-0.3, -0.25) is 0 Å². The van der Waals surface area contributed by atoms with Crippen LogP contribution in [0.25, 0.3) is 0 Å². The van der Waals surface area contributed by atoms with Gasteiger partial charge in [0.05, 0.1) is 12.0 Å². The quantitative estimate of drug-likeness (QED) is 0.488. The van der Waals surface area contributed by atoms with E-state index in [1.165, 1.54) is 30.4 Å². The van der Waals surface area contributed by atoms with Gasteiger partial charge in [-0.1, -0.05) is 43.4 Å². The van der Waals surface area contributed by atoms with Crippen molar-refractivity contribution >= 4 is 0 Å². The molecule has 0 amide bonds. The first-order valence-corrected chi connectivity index (χ1v) is 7.02. The zero-order valence-corrected chi connectivity index (χ0v) is 12.3. The van der Waals surface area contributed by atoms with Crippen molar-refractivity contribution in [3.8, 4) is 0 Å². The molecule has 0 saturated carbocycles. The maximum atomic E-state index is 13.1. The third-order valence-corrected chi connectivity index (χ3v) is 3.72. The Morgan fingerprint density at radius 1 is 1.09 bits per heavy atom. The van der Waals surface area contributed by atoms with Crippen LogP contribution in [0.2, 0.25) is 0 Å². The van der Waals surface area contributed by atoms with Gasteiger partial charge in [-0.2, -0.15) is 26.3 Å². The summed E-state index contributed by atoms with van der Waals surface area (Å²) in [6.07, 6.45) is -3.75. The smallest absolute Gasteiger partial charge is 0.171 e. The standard InChI is InChI=1S/C17H15F6/c1-12-6-8-15(9-7-12,11-16(18,19)20)10-13-4-2-3-5-14(13)17(21,22)23/h2-6,8-9,12H,10-11H2,1H3. The van der Waals surface area contributed by atoms with Gasteiger partial charge in [-0.05, 0) is 30.0 Å². The molecule has 2 unspecified atom stereocenters. The highest BCUT2D eigenvalue weighted by Gasteiger charge is 2.42. The number of hydrogen-bond donors (Lipinski definition) is 0. The van der Waals surface area contributed by atoms with Crippen LogP contribution in [0.3, 0.4) is 0 Å². The van der Waals surface area contributed by atoms with Crippen molar-refractivity contribution in [1.29, 1.82) is 0 Å². The first-order valence-electron chi connectivity index (χ1n) is 7.02. The third kappa shape index (κ3) is 4.62. The van der Waals surface area contributed by atoms with Crippen molar-refractivity contribution in [3.05, 3.63) is 59.7 Å². The van der Waals surface area contributed by atoms with Gasteiger partial charge in [-0.25, -0.2) is 0 Å². The molecule has 1 aromatic rings. The van der Waals surface area contributed by atoms with Gasteiger partial charge >= 0.3 is 12.4 Å². The summed E-state index contributed by atoms with van der Waals surface area (Å²) in [7, 11) is 0. The minimum atomic E-state index is -4.60. The van der Waals surface area contributed by atoms with Crippen molar-refractivity contribution in [3.63, 3.8) is 0 Å². The molecule has 0 bridgehead atoms. The number of allylic oxidation sites excluding steroid dienone is 4. The molecule has 0 nitrogen and oxygen atoms in total. The highest BCUT2D eigenvalue weighted by atomic mass is 19.4. The Hall–Kier alpha value is -1.72. The summed E-state index contributed by atoms with van der Waals surface area (Å²) in [5.41, 5.74) is -2.59. The highest BCUT2D eigenvalue weighted by Crippen LogP contribution is 2.43. The molecule has 2 rings (SSSR count). The van der Waals surface area contributed by atoms with Gasteiger partial charge in [0.1, 0.15) is 0 Å². The van der Waals surface area contributed by atoms with E-state index in [1.807, 2.05) is 0 Å². The Morgan fingerprint density at radius 3 is 2.26 bits per heavy atom. The largest absolute Gasteiger partial charge is 0.416 e. The van der Waals surface area contributed by atoms with Crippen LogP contribution in [0, 0.1) is 17.4 Å². The molecule has 0 N–H and O–H groups in total. The van der Waals surface area contributed by atoms with E-state index >= 15 is 0 Å². The topological polar surface area (TPSA) is 0 Å². The molecule has 6 heteroatoms. The maximum Gasteiger partial charge on any atom is 0.416 e. The van der Waals surface area contributed by atoms with Gasteiger partial charge in [0.25, 0.3) is 0 Å². The zero-order chi connectivity index (χ0) is 17.3. The zero-order valence-electron chi connectivity index (χ0n) is 12.3. The van der Waals surface area contributed by atoms with E-state index in [9.17, 15) is 26.3 Å². The normalized spacial score (nSPS) is 24.9. The van der Waals surface area contributed by atoms with Crippen LogP contribution in [0.5, 0.6) is 0 Å². The minimum absolute atomic E-state index is 0.151. The molecule has 0 heterocycles. The average Bonchev–Trinajstić information content (AvgIpc) is 2.40. The van der Waals surface area contributed by atoms with Crippen LogP contribution >= 0.6 is 0 Å². The van der Waals surface area contributed by atoms with Crippen LogP contribution in [0.4, 0.5) is 26.3 Å². The summed E-state index contributed by atoms with van der Waals surface area (Å²) in [4.78, 5) is 0. The fraction of sp³-hybridized carbons (Fsp3) is 0.412. The summed E-state index contributed by atoms with van der Waals surface area (Å²) in [5, 5.41) is 0. The lowest BCUT2D eigenvalue weighted by Gasteiger charge is -2.32. The van der Waals surface area contributed by atoms with E-state index in [0.717, 1.165) is 6.07 Å². The first-order chi connectivity index (χ1) is 10.5. The van der Waals surface area contributed by atoms with Crippen molar-refractivity contribution in [1.82, 2.24) is 0 Å². The Bertz CT molecular complexity index is 592. The highest BCUT2D eigenvalue weighted by molar-refractivity contribution is 5.33. The molecule has 0 saturated heterocycles. The van der Waals surface area contributed by atoms with E-state index < -0.39 is 29.8 Å². The summed E-state index contributed by atoms with van der Waals surface area (Å²) >= 11 is 0. The Kier molecular flexibility index (Phi) is 4.64. The summed E-state index contributed by atoms with van der Waals surface area (Å²) in [6.45, 7) is 1.74. The maximum absolute atomic E-state index is 13.1. The monoisotopic (exact) mass is 333 g/mol. The summed E-state index contributed by atoms with van der Waals surface area (Å²) in [6, 6.07) is 4.73. The van der Waals surface area contributed by atoms with Crippen LogP contribution in [0.15, 0.2) is 42.5 Å². The second-order valence-corrected chi connectivity index (χ2v) is 5.82. The lowest BCUT2D eigenvalue weighted by molar-refractivity contribution is -0.148. The molecule has 1 aromatic carbocycles. The fourth-order valence-corrected chi connectivity index (χ4v) is 2.70. The molecule has 1 aliphatic rings. The number of alkyl halides is 6. The average molecular weight is 333 g/mol. The van der Waals surface area contributed by atoms with E-state index in [1.54, 1.807) is 13.0 Å². The van der Waals surface area contributed by atoms with Crippen molar-refractivity contribution in [2.45, 2.75) is 32.1 Å². The van der Waals surface area contributed by atoms with Crippen molar-refractivity contribution < 1.29 is 26.3 Å². The molecule has 1 aliphatic carbocycles. The number of benzene rings is 1. The van der Waals surface area contributed by atoms with Crippen molar-refractivity contribution in [2.75, 3.05) is 0 Å². The molecule has 0 aliphatic heterocycles. The Balaban J connectivity index is 2.41. The van der Waals surface area contributed by atoms with Crippen LogP contribution in [-0.4, -0.2) is 6.18 Å². The van der Waals surface area contributed by atoms with Crippen LogP contribution < -0.4 is 0 Å². The number of halogens is 6. The number of hydrogen-bond acceptors (Lipinski definition) is 0. The van der Waals surface area contributed by atoms with Crippen LogP contribution in [-0.2, 0) is 12.6 Å². The van der Waals surface area contributed by atoms with E-state index in [2.05, 4.69) is 6.08 Å². The molecular formula is C17H15F6. The third-order valence-electron chi connectivity index (χ3n) is 3.72. The summed E-state index contributed by atoms with van der Waals surface area (Å²) in [5.74, 6) is -0.158. The molecule has 2 atom stereocenters. The van der Waals surface area contributed by atoms with Crippen LogP contribution in [0.1, 0.15) is 24.5 Å². The first kappa shape index (κ1) is 17.6. The molecule has 0 spiro atoms. The second kappa shape index (κ2) is 6.06. The van der Waals surface area contributed by atoms with Crippen molar-refractivity contribution in [2.24, 2.45) is 11.3 Å². The van der Waals surface area contributed by atoms with Gasteiger partial charge in [0.2, 0.25) is 0 Å². The lowest BCUT2D eigenvalue weighted by Crippen LogP contribution is -2.29. The molecule has 0 fully saturated rings. The lowest BCUT2D eigenvalue weighted by atomic mass is 9.74. The van der Waals surface area contributed by atoms with E-state index in [4.69, 9.17) is 0 Å². The van der Waals surface area contributed by atoms with Gasteiger partial charge < -0.3 is 0 Å². The predicted octanol–water partition coefficient (Wildman–Crippen LogP) is 5.75. The van der Waals surface area contributed by atoms with Gasteiger partial charge in [0, 0.05) is 5.41 Å². The molecular weight excluding hydrogens is 318 g/mol. The summed E-state index contributed by atoms with van der Waals surface area (Å²) < 4.78 is 77.9. The second-order valence-electron chi connectivity index (χ2n) is 5.82. The fourth-order valence-electron chi connectivity index (χ4n) is 2.70. The van der Waals surface area contributed by atoms with Gasteiger partial charge in [-0.15, -0.1) is 0 Å². The SMILES string of the molecule is CC1[C]=CC(Cc2ccccc2C(F)(F)F)(CC(F)(F)F)C=C1. The molecule has 0 aromatic heterocycles. The molecule has 1 radical (unpaired) electrons. The Morgan fingerprint density at radius 2 is 1.74 bits per heavy atom. The minimum Gasteiger partial charge on any atom is -0.171 e. The predicted molar refractivity (Wildman–Crippen MR) is 74.4 cm³/mol. The van der Waals surface area contributed by atoms with E-state index in [-0.39, 0.29) is 17.9 Å². The van der Waals surface area contributed by atoms with Gasteiger partial charge in [0.15, 0.2) is 0 Å². The molecule has 23 heavy (non-hydrogen) atoms.